The first kappa shape index (κ1) is 15.5. The summed E-state index contributed by atoms with van der Waals surface area (Å²) in [5.74, 6) is -0.155. The van der Waals surface area contributed by atoms with E-state index in [0.717, 1.165) is 10.5 Å². The molecular weight excluding hydrogens is 284 g/mol. The molecule has 2 N–H and O–H groups in total. The second-order valence-corrected chi connectivity index (χ2v) is 5.78. The topological polar surface area (TPSA) is 62.2 Å². The Bertz CT molecular complexity index is 577. The van der Waals surface area contributed by atoms with E-state index >= 15 is 0 Å². The molecule has 0 fully saturated rings. The van der Waals surface area contributed by atoms with Gasteiger partial charge in [0.2, 0.25) is 0 Å². The van der Waals surface area contributed by atoms with Gasteiger partial charge in [0, 0.05) is 23.0 Å². The fourth-order valence-electron chi connectivity index (χ4n) is 2.23. The predicted molar refractivity (Wildman–Crippen MR) is 84.4 cm³/mol. The van der Waals surface area contributed by atoms with Crippen molar-refractivity contribution in [3.63, 3.8) is 0 Å². The monoisotopic (exact) mass is 302 g/mol. The standard InChI is InChI=1S/C16H18N2O2S/c1-17-16(15(19)20,13-5-3-2-4-6-13)9-12-21-14-7-10-18-11-8-14/h2-8,10-11,17H,9,12H2,1H3,(H,19,20). The van der Waals surface area contributed by atoms with Crippen LogP contribution in [0.2, 0.25) is 0 Å². The molecule has 0 spiro atoms. The maximum absolute atomic E-state index is 11.8. The third kappa shape index (κ3) is 3.62. The molecule has 1 unspecified atom stereocenters. The number of likely N-dealkylation sites (N-methyl/N-ethyl adjacent to an activating group) is 1. The number of nitrogens with zero attached hydrogens (tertiary/aromatic N) is 1. The molecule has 21 heavy (non-hydrogen) atoms. The van der Waals surface area contributed by atoms with Gasteiger partial charge in [0.05, 0.1) is 0 Å². The van der Waals surface area contributed by atoms with Crippen molar-refractivity contribution in [3.05, 3.63) is 60.4 Å². The van der Waals surface area contributed by atoms with E-state index in [4.69, 9.17) is 0 Å². The van der Waals surface area contributed by atoms with E-state index in [-0.39, 0.29) is 0 Å². The molecule has 0 aliphatic carbocycles. The molecule has 0 saturated heterocycles. The first-order chi connectivity index (χ1) is 10.2. The van der Waals surface area contributed by atoms with Crippen LogP contribution in [0.15, 0.2) is 59.8 Å². The Morgan fingerprint density at radius 3 is 2.48 bits per heavy atom. The zero-order valence-electron chi connectivity index (χ0n) is 11.8. The number of rotatable bonds is 7. The Morgan fingerprint density at radius 2 is 1.90 bits per heavy atom. The number of benzene rings is 1. The summed E-state index contributed by atoms with van der Waals surface area (Å²) < 4.78 is 0. The van der Waals surface area contributed by atoms with Crippen molar-refractivity contribution in [2.75, 3.05) is 12.8 Å². The van der Waals surface area contributed by atoms with E-state index in [1.165, 1.54) is 0 Å². The highest BCUT2D eigenvalue weighted by molar-refractivity contribution is 7.99. The van der Waals surface area contributed by atoms with Gasteiger partial charge in [-0.2, -0.15) is 0 Å². The molecule has 0 aliphatic rings. The van der Waals surface area contributed by atoms with Gasteiger partial charge < -0.3 is 10.4 Å². The number of nitrogens with one attached hydrogen (secondary N) is 1. The Labute approximate surface area is 128 Å². The summed E-state index contributed by atoms with van der Waals surface area (Å²) in [6.07, 6.45) is 3.97. The lowest BCUT2D eigenvalue weighted by molar-refractivity contribution is -0.145. The average Bonchev–Trinajstić information content (AvgIpc) is 2.53. The second kappa shape index (κ2) is 7.24. The van der Waals surface area contributed by atoms with Gasteiger partial charge in [-0.1, -0.05) is 30.3 Å². The summed E-state index contributed by atoms with van der Waals surface area (Å²) in [4.78, 5) is 16.9. The van der Waals surface area contributed by atoms with Crippen LogP contribution in [0.3, 0.4) is 0 Å². The fourth-order valence-corrected chi connectivity index (χ4v) is 3.19. The van der Waals surface area contributed by atoms with Crippen LogP contribution in [-0.4, -0.2) is 28.9 Å². The molecule has 0 bridgehead atoms. The highest BCUT2D eigenvalue weighted by atomic mass is 32.2. The minimum absolute atomic E-state index is 0.496. The predicted octanol–water partition coefficient (Wildman–Crippen LogP) is 2.76. The number of aliphatic carboxylic acids is 1. The van der Waals surface area contributed by atoms with Gasteiger partial charge in [0.25, 0.3) is 0 Å². The van der Waals surface area contributed by atoms with Gasteiger partial charge in [0.15, 0.2) is 0 Å². The summed E-state index contributed by atoms with van der Waals surface area (Å²) in [6, 6.07) is 13.2. The van der Waals surface area contributed by atoms with Gasteiger partial charge in [-0.15, -0.1) is 11.8 Å². The highest BCUT2D eigenvalue weighted by Gasteiger charge is 2.38. The zero-order valence-corrected chi connectivity index (χ0v) is 12.6. The van der Waals surface area contributed by atoms with E-state index in [1.807, 2.05) is 42.5 Å². The zero-order chi connectivity index (χ0) is 15.1. The summed E-state index contributed by atoms with van der Waals surface area (Å²) in [7, 11) is 1.69. The normalized spacial score (nSPS) is 13.6. The minimum Gasteiger partial charge on any atom is -0.480 e. The number of carboxylic acid groups (broad SMARTS) is 1. The van der Waals surface area contributed by atoms with Crippen LogP contribution in [-0.2, 0) is 10.3 Å². The maximum atomic E-state index is 11.8. The highest BCUT2D eigenvalue weighted by Crippen LogP contribution is 2.29. The van der Waals surface area contributed by atoms with E-state index in [9.17, 15) is 9.90 Å². The van der Waals surface area contributed by atoms with Crippen LogP contribution in [0, 0.1) is 0 Å². The fraction of sp³-hybridized carbons (Fsp3) is 0.250. The molecule has 5 heteroatoms. The first-order valence-corrected chi connectivity index (χ1v) is 7.68. The Hall–Kier alpha value is -1.85. The van der Waals surface area contributed by atoms with E-state index in [0.29, 0.717) is 12.2 Å². The third-order valence-corrected chi connectivity index (χ3v) is 4.47. The van der Waals surface area contributed by atoms with Crippen molar-refractivity contribution in [2.24, 2.45) is 0 Å². The molecule has 0 saturated carbocycles. The Morgan fingerprint density at radius 1 is 1.24 bits per heavy atom. The molecule has 2 rings (SSSR count). The number of thioether (sulfide) groups is 1. The van der Waals surface area contributed by atoms with Crippen LogP contribution in [0.1, 0.15) is 12.0 Å². The maximum Gasteiger partial charge on any atom is 0.328 e. The van der Waals surface area contributed by atoms with Gasteiger partial charge in [-0.05, 0) is 31.2 Å². The van der Waals surface area contributed by atoms with Crippen LogP contribution in [0.25, 0.3) is 0 Å². The van der Waals surface area contributed by atoms with Crippen molar-refractivity contribution < 1.29 is 9.90 Å². The van der Waals surface area contributed by atoms with Gasteiger partial charge in [0.1, 0.15) is 5.54 Å². The lowest BCUT2D eigenvalue weighted by atomic mass is 9.87. The van der Waals surface area contributed by atoms with Crippen molar-refractivity contribution in [1.29, 1.82) is 0 Å². The van der Waals surface area contributed by atoms with E-state index < -0.39 is 11.5 Å². The summed E-state index contributed by atoms with van der Waals surface area (Å²) in [6.45, 7) is 0. The quantitative estimate of drug-likeness (QED) is 0.770. The van der Waals surface area contributed by atoms with Crippen molar-refractivity contribution in [3.8, 4) is 0 Å². The van der Waals surface area contributed by atoms with Crippen LogP contribution in [0.4, 0.5) is 0 Å². The SMILES string of the molecule is CNC(CCSc1ccncc1)(C(=O)O)c1ccccc1. The molecule has 1 aromatic carbocycles. The Kier molecular flexibility index (Phi) is 5.36. The molecule has 4 nitrogen and oxygen atoms in total. The number of carboxylic acids is 1. The van der Waals surface area contributed by atoms with Crippen molar-refractivity contribution >= 4 is 17.7 Å². The molecule has 0 radical (unpaired) electrons. The van der Waals surface area contributed by atoms with Gasteiger partial charge in [-0.3, -0.25) is 4.98 Å². The molecule has 1 heterocycles. The summed E-state index contributed by atoms with van der Waals surface area (Å²) in [5.41, 5.74) is -0.281. The first-order valence-electron chi connectivity index (χ1n) is 6.70. The van der Waals surface area contributed by atoms with Crippen LogP contribution in [0.5, 0.6) is 0 Å². The molecule has 2 aromatic rings. The number of pyridine rings is 1. The van der Waals surface area contributed by atoms with Gasteiger partial charge >= 0.3 is 5.97 Å². The minimum atomic E-state index is -1.05. The van der Waals surface area contributed by atoms with E-state index in [1.54, 1.807) is 31.2 Å². The largest absolute Gasteiger partial charge is 0.480 e. The number of hydrogen-bond acceptors (Lipinski definition) is 4. The third-order valence-electron chi connectivity index (χ3n) is 3.45. The molecule has 110 valence electrons. The van der Waals surface area contributed by atoms with Crippen molar-refractivity contribution in [2.45, 2.75) is 16.9 Å². The van der Waals surface area contributed by atoms with Crippen LogP contribution >= 0.6 is 11.8 Å². The van der Waals surface area contributed by atoms with Gasteiger partial charge in [-0.25, -0.2) is 4.79 Å². The molecular formula is C16H18N2O2S. The lowest BCUT2D eigenvalue weighted by Crippen LogP contribution is -2.47. The lowest BCUT2D eigenvalue weighted by Gasteiger charge is -2.29. The molecule has 1 atom stereocenters. The smallest absolute Gasteiger partial charge is 0.328 e. The number of carbonyl (C=O) groups is 1. The number of aromatic nitrogens is 1. The number of hydrogen-bond donors (Lipinski definition) is 2. The molecule has 1 aromatic heterocycles. The average molecular weight is 302 g/mol. The van der Waals surface area contributed by atoms with Crippen molar-refractivity contribution in [1.82, 2.24) is 10.3 Å². The van der Waals surface area contributed by atoms with E-state index in [2.05, 4.69) is 10.3 Å². The second-order valence-electron chi connectivity index (χ2n) is 4.61. The summed E-state index contributed by atoms with van der Waals surface area (Å²) in [5, 5.41) is 12.7. The molecule has 0 amide bonds. The molecule has 0 aliphatic heterocycles. The summed E-state index contributed by atoms with van der Waals surface area (Å²) >= 11 is 1.63. The van der Waals surface area contributed by atoms with Crippen LogP contribution < -0.4 is 5.32 Å². The Balaban J connectivity index is 2.12.